The normalized spacial score (nSPS) is 12.0. The van der Waals surface area contributed by atoms with Gasteiger partial charge in [0.15, 0.2) is 0 Å². The average molecular weight is 410 g/mol. The number of hydrogen-bond donors (Lipinski definition) is 1. The van der Waals surface area contributed by atoms with Gasteiger partial charge in [-0.15, -0.1) is 0 Å². The molecular formula is C16H37NO3Sn. The van der Waals surface area contributed by atoms with Crippen LogP contribution in [0.25, 0.3) is 0 Å². The summed E-state index contributed by atoms with van der Waals surface area (Å²) < 4.78 is 19.7. The molecular weight excluding hydrogens is 373 g/mol. The number of hydrogen-bond acceptors (Lipinski definition) is 4. The van der Waals surface area contributed by atoms with Crippen LogP contribution in [0.1, 0.15) is 66.2 Å². The third kappa shape index (κ3) is 11.8. The van der Waals surface area contributed by atoms with Crippen LogP contribution in [0.4, 0.5) is 0 Å². The van der Waals surface area contributed by atoms with Gasteiger partial charge in [0.1, 0.15) is 0 Å². The van der Waals surface area contributed by atoms with Crippen molar-refractivity contribution in [3.8, 4) is 0 Å². The summed E-state index contributed by atoms with van der Waals surface area (Å²) >= 11 is -3.35. The summed E-state index contributed by atoms with van der Waals surface area (Å²) in [5.41, 5.74) is 0. The van der Waals surface area contributed by atoms with E-state index in [1.807, 2.05) is 0 Å². The fraction of sp³-hybridized carbons (Fsp3) is 1.00. The van der Waals surface area contributed by atoms with Crippen LogP contribution in [0.5, 0.6) is 0 Å². The van der Waals surface area contributed by atoms with Crippen LogP contribution in [0, 0.1) is 0 Å². The molecule has 128 valence electrons. The van der Waals surface area contributed by atoms with Crippen molar-refractivity contribution in [2.75, 3.05) is 32.9 Å². The molecule has 0 amide bonds. The Kier molecular flexibility index (Phi) is 16.0. The van der Waals surface area contributed by atoms with Gasteiger partial charge in [-0.2, -0.15) is 0 Å². The monoisotopic (exact) mass is 411 g/mol. The molecule has 0 unspecified atom stereocenters. The maximum atomic E-state index is 6.24. The number of unbranched alkanes of at least 4 members (excludes halogenated alkanes) is 3. The second kappa shape index (κ2) is 15.5. The molecule has 0 fully saturated rings. The zero-order valence-corrected chi connectivity index (χ0v) is 17.6. The standard InChI is InChI=1S/C4H10N.3C4H9O.Sn/c1-3-5-4-2;3*1-2-3-4-5;/h5H,1,3-4H2,2H3;3*2-4H2,1H3;/q;3*-1;+3. The van der Waals surface area contributed by atoms with Crippen molar-refractivity contribution in [3.63, 3.8) is 0 Å². The summed E-state index contributed by atoms with van der Waals surface area (Å²) in [5.74, 6) is 0. The van der Waals surface area contributed by atoms with Crippen LogP contribution in [-0.2, 0) is 9.22 Å². The van der Waals surface area contributed by atoms with Gasteiger partial charge in [-0.3, -0.25) is 0 Å². The van der Waals surface area contributed by atoms with E-state index in [1.165, 1.54) is 0 Å². The van der Waals surface area contributed by atoms with Crippen LogP contribution in [0.3, 0.4) is 0 Å². The molecule has 1 N–H and O–H groups in total. The number of rotatable bonds is 16. The molecule has 0 aliphatic rings. The Bertz CT molecular complexity index is 172. The van der Waals surface area contributed by atoms with Crippen LogP contribution >= 0.6 is 0 Å². The molecule has 0 aromatic rings. The first-order valence-corrected chi connectivity index (χ1v) is 14.4. The topological polar surface area (TPSA) is 39.7 Å². The first-order chi connectivity index (χ1) is 10.2. The Hall–Kier alpha value is 0.639. The molecule has 0 atom stereocenters. The minimum atomic E-state index is -3.35. The third-order valence-corrected chi connectivity index (χ3v) is 11.3. The van der Waals surface area contributed by atoms with Gasteiger partial charge in [-0.25, -0.2) is 0 Å². The van der Waals surface area contributed by atoms with Gasteiger partial charge in [-0.05, 0) is 0 Å². The van der Waals surface area contributed by atoms with E-state index in [4.69, 9.17) is 9.22 Å². The molecule has 0 rings (SSSR count). The maximum absolute atomic E-state index is 6.24. The summed E-state index contributed by atoms with van der Waals surface area (Å²) in [6.07, 6.45) is 6.73. The van der Waals surface area contributed by atoms with Crippen LogP contribution < -0.4 is 5.32 Å². The molecule has 0 bridgehead atoms. The fourth-order valence-corrected chi connectivity index (χ4v) is 9.10. The Morgan fingerprint density at radius 1 is 0.714 bits per heavy atom. The van der Waals surface area contributed by atoms with Gasteiger partial charge in [0.2, 0.25) is 0 Å². The van der Waals surface area contributed by atoms with E-state index in [1.54, 1.807) is 0 Å². The molecule has 4 nitrogen and oxygen atoms in total. The molecule has 0 aliphatic heterocycles. The summed E-state index contributed by atoms with van der Waals surface area (Å²) in [5, 5.41) is 3.39. The summed E-state index contributed by atoms with van der Waals surface area (Å²) in [4.78, 5) is 0. The van der Waals surface area contributed by atoms with E-state index in [-0.39, 0.29) is 0 Å². The first kappa shape index (κ1) is 21.6. The van der Waals surface area contributed by atoms with E-state index in [2.05, 4.69) is 33.0 Å². The van der Waals surface area contributed by atoms with E-state index in [9.17, 15) is 0 Å². The third-order valence-electron chi connectivity index (χ3n) is 3.32. The van der Waals surface area contributed by atoms with Gasteiger partial charge in [0, 0.05) is 0 Å². The second-order valence-corrected chi connectivity index (χ2v) is 13.2. The molecule has 0 radical (unpaired) electrons. The minimum absolute atomic E-state index is 0.789. The van der Waals surface area contributed by atoms with Gasteiger partial charge in [0.25, 0.3) is 0 Å². The van der Waals surface area contributed by atoms with Crippen LogP contribution in [0.2, 0.25) is 4.44 Å². The van der Waals surface area contributed by atoms with E-state index in [0.717, 1.165) is 75.9 Å². The summed E-state index contributed by atoms with van der Waals surface area (Å²) in [6.45, 7) is 13.0. The SMILES string of the molecule is CCCC[O][Sn]([CH2]CNCC)([O]CCCC)[O]CCCC. The van der Waals surface area contributed by atoms with Gasteiger partial charge < -0.3 is 0 Å². The van der Waals surface area contributed by atoms with Gasteiger partial charge in [0.05, 0.1) is 0 Å². The van der Waals surface area contributed by atoms with Crippen molar-refractivity contribution in [2.24, 2.45) is 0 Å². The second-order valence-electron chi connectivity index (χ2n) is 5.39. The Balaban J connectivity index is 4.52. The molecule has 0 aliphatic carbocycles. The Morgan fingerprint density at radius 2 is 1.14 bits per heavy atom. The van der Waals surface area contributed by atoms with E-state index in [0.29, 0.717) is 0 Å². The van der Waals surface area contributed by atoms with Gasteiger partial charge in [-0.1, -0.05) is 0 Å². The quantitative estimate of drug-likeness (QED) is 0.309. The van der Waals surface area contributed by atoms with Crippen molar-refractivity contribution >= 4 is 19.6 Å². The molecule has 0 saturated heterocycles. The fourth-order valence-electron chi connectivity index (χ4n) is 1.88. The van der Waals surface area contributed by atoms with Crippen molar-refractivity contribution in [3.05, 3.63) is 0 Å². The predicted molar refractivity (Wildman–Crippen MR) is 91.7 cm³/mol. The number of nitrogens with one attached hydrogen (secondary N) is 1. The molecule has 0 aromatic heterocycles. The summed E-state index contributed by atoms with van der Waals surface area (Å²) in [6, 6.07) is 0. The average Bonchev–Trinajstić information content (AvgIpc) is 2.48. The van der Waals surface area contributed by atoms with Crippen molar-refractivity contribution in [2.45, 2.75) is 70.7 Å². The molecule has 0 spiro atoms. The Labute approximate surface area is 137 Å². The molecule has 0 heterocycles. The van der Waals surface area contributed by atoms with Crippen molar-refractivity contribution in [1.29, 1.82) is 0 Å². The zero-order chi connectivity index (χ0) is 15.8. The van der Waals surface area contributed by atoms with Crippen molar-refractivity contribution in [1.82, 2.24) is 5.32 Å². The van der Waals surface area contributed by atoms with Crippen LogP contribution in [0.15, 0.2) is 0 Å². The molecule has 5 heteroatoms. The van der Waals surface area contributed by atoms with E-state index < -0.39 is 19.6 Å². The van der Waals surface area contributed by atoms with Crippen LogP contribution in [-0.4, -0.2) is 52.5 Å². The predicted octanol–water partition coefficient (Wildman–Crippen LogP) is 3.98. The van der Waals surface area contributed by atoms with Crippen molar-refractivity contribution < 1.29 is 9.22 Å². The van der Waals surface area contributed by atoms with E-state index >= 15 is 0 Å². The first-order valence-electron chi connectivity index (χ1n) is 8.87. The van der Waals surface area contributed by atoms with Gasteiger partial charge >= 0.3 is 138 Å². The molecule has 0 saturated carbocycles. The zero-order valence-electron chi connectivity index (χ0n) is 14.7. The molecule has 0 aromatic carbocycles. The summed E-state index contributed by atoms with van der Waals surface area (Å²) in [7, 11) is 0. The Morgan fingerprint density at radius 3 is 1.48 bits per heavy atom. The molecule has 21 heavy (non-hydrogen) atoms.